The molecule has 14 heteroatoms. The van der Waals surface area contributed by atoms with E-state index >= 15 is 0 Å². The maximum absolute atomic E-state index is 13.2. The van der Waals surface area contributed by atoms with Crippen LogP contribution in [0.3, 0.4) is 0 Å². The fraction of sp³-hybridized carbons (Fsp3) is 0.619. The molecule has 1 saturated carbocycles. The van der Waals surface area contributed by atoms with E-state index in [1.54, 1.807) is 19.2 Å². The Morgan fingerprint density at radius 2 is 1.91 bits per heavy atom. The normalized spacial score (nSPS) is 29.7. The summed E-state index contributed by atoms with van der Waals surface area (Å²) in [7, 11) is 0. The molecule has 2 saturated heterocycles. The third kappa shape index (κ3) is 5.08. The molecule has 2 amide bonds. The number of carbonyl (C=O) groups excluding carboxylic acids is 3. The van der Waals surface area contributed by atoms with Gasteiger partial charge in [0.15, 0.2) is 10.8 Å². The Labute approximate surface area is 209 Å². The number of amides is 2. The lowest BCUT2D eigenvalue weighted by molar-refractivity contribution is -0.160. The van der Waals surface area contributed by atoms with Crippen molar-refractivity contribution in [1.82, 2.24) is 15.2 Å². The Bertz CT molecular complexity index is 1070. The van der Waals surface area contributed by atoms with Crippen molar-refractivity contribution in [2.75, 3.05) is 5.73 Å². The molecule has 3 aliphatic rings. The number of nitrogen functional groups attached to an aromatic ring is 1. The molecule has 190 valence electrons. The zero-order chi connectivity index (χ0) is 25.5. The monoisotopic (exact) mass is 525 g/mol. The number of hydrogen-bond acceptors (Lipinski definition) is 11. The number of fused-ring (bicyclic) bond motifs is 1. The number of carboxylic acids is 1. The number of nitrogens with zero attached hydrogens (tertiary/aromatic N) is 3. The first-order valence-electron chi connectivity index (χ1n) is 11.1. The number of thiazole rings is 1. The predicted octanol–water partition coefficient (Wildman–Crippen LogP) is 0.952. The van der Waals surface area contributed by atoms with Gasteiger partial charge in [-0.15, -0.1) is 23.1 Å². The first kappa shape index (κ1) is 25.2. The van der Waals surface area contributed by atoms with E-state index in [-0.39, 0.29) is 34.7 Å². The van der Waals surface area contributed by atoms with Gasteiger partial charge in [-0.05, 0) is 39.5 Å². The molecular formula is C21H27N5O7S2. The number of oxime groups is 1. The van der Waals surface area contributed by atoms with Gasteiger partial charge < -0.3 is 30.6 Å². The highest BCUT2D eigenvalue weighted by molar-refractivity contribution is 8.01. The number of nitrogens with two attached hydrogens (primary N) is 1. The van der Waals surface area contributed by atoms with Gasteiger partial charge in [0, 0.05) is 17.1 Å². The standard InChI is InChI=1S/C21H27N5O7S2/c1-9(27)32-10-4-6-11(7-5-10)33-25-13(12-8-34-20(22)23-12)16(28)24-14-17(29)26-15(19(30)31)21(2,3)35-18(14)26/h8,10-11,14-15,18H,4-7H2,1-3H3,(H2,22,23)(H,24,28)(H,30,31)/b25-13-/t10-,11+,14-,15+,18-/m1/s1. The number of thioether (sulfide) groups is 1. The van der Waals surface area contributed by atoms with E-state index in [1.807, 2.05) is 0 Å². The van der Waals surface area contributed by atoms with Crippen molar-refractivity contribution in [3.63, 3.8) is 0 Å². The highest BCUT2D eigenvalue weighted by Gasteiger charge is 2.64. The molecule has 3 heterocycles. The summed E-state index contributed by atoms with van der Waals surface area (Å²) in [4.78, 5) is 59.8. The Balaban J connectivity index is 1.45. The first-order chi connectivity index (χ1) is 16.5. The summed E-state index contributed by atoms with van der Waals surface area (Å²) in [6.07, 6.45) is 2.00. The summed E-state index contributed by atoms with van der Waals surface area (Å²) in [5.74, 6) is -2.54. The molecule has 0 unspecified atom stereocenters. The second-order valence-electron chi connectivity index (χ2n) is 9.17. The molecule has 1 aromatic heterocycles. The molecule has 0 aromatic carbocycles. The number of nitrogens with one attached hydrogen (secondary N) is 1. The zero-order valence-corrected chi connectivity index (χ0v) is 21.1. The van der Waals surface area contributed by atoms with E-state index in [0.29, 0.717) is 25.7 Å². The summed E-state index contributed by atoms with van der Waals surface area (Å²) in [5.41, 5.74) is 5.82. The number of ether oxygens (including phenoxy) is 1. The van der Waals surface area contributed by atoms with E-state index in [2.05, 4.69) is 15.5 Å². The maximum atomic E-state index is 13.2. The summed E-state index contributed by atoms with van der Waals surface area (Å²) in [6, 6.07) is -1.87. The Kier molecular flexibility index (Phi) is 6.95. The van der Waals surface area contributed by atoms with Crippen LogP contribution in [0.4, 0.5) is 5.13 Å². The van der Waals surface area contributed by atoms with Gasteiger partial charge in [0.2, 0.25) is 5.91 Å². The van der Waals surface area contributed by atoms with Crippen LogP contribution < -0.4 is 11.1 Å². The topological polar surface area (TPSA) is 174 Å². The summed E-state index contributed by atoms with van der Waals surface area (Å²) < 4.78 is 4.52. The summed E-state index contributed by atoms with van der Waals surface area (Å²) >= 11 is 2.46. The van der Waals surface area contributed by atoms with Crippen molar-refractivity contribution in [2.45, 2.75) is 80.9 Å². The van der Waals surface area contributed by atoms with Crippen molar-refractivity contribution < 1.29 is 33.9 Å². The van der Waals surface area contributed by atoms with E-state index < -0.39 is 40.0 Å². The number of rotatable bonds is 7. The van der Waals surface area contributed by atoms with Crippen molar-refractivity contribution in [3.05, 3.63) is 11.1 Å². The number of esters is 1. The van der Waals surface area contributed by atoms with E-state index in [4.69, 9.17) is 15.3 Å². The van der Waals surface area contributed by atoms with Crippen LogP contribution in [0.5, 0.6) is 0 Å². The lowest BCUT2D eigenvalue weighted by Gasteiger charge is -2.43. The Hall–Kier alpha value is -2.87. The lowest BCUT2D eigenvalue weighted by atomic mass is 9.95. The van der Waals surface area contributed by atoms with Crippen molar-refractivity contribution in [3.8, 4) is 0 Å². The number of hydrogen-bond donors (Lipinski definition) is 3. The maximum Gasteiger partial charge on any atom is 0.327 e. The summed E-state index contributed by atoms with van der Waals surface area (Å²) in [5, 5.41) is 17.6. The lowest BCUT2D eigenvalue weighted by Crippen LogP contribution is -2.71. The Morgan fingerprint density at radius 3 is 2.49 bits per heavy atom. The molecule has 0 bridgehead atoms. The molecule has 3 atom stereocenters. The van der Waals surface area contributed by atoms with Gasteiger partial charge in [-0.25, -0.2) is 9.78 Å². The van der Waals surface area contributed by atoms with Crippen LogP contribution in [-0.2, 0) is 28.8 Å². The molecule has 35 heavy (non-hydrogen) atoms. The molecule has 1 aliphatic carbocycles. The molecule has 0 spiro atoms. The quantitative estimate of drug-likeness (QED) is 0.201. The number of carboxylic acid groups (broad SMARTS) is 1. The third-order valence-corrected chi connectivity index (χ3v) is 8.43. The van der Waals surface area contributed by atoms with Gasteiger partial charge in [-0.2, -0.15) is 0 Å². The van der Waals surface area contributed by atoms with Gasteiger partial charge in [0.25, 0.3) is 5.91 Å². The van der Waals surface area contributed by atoms with Crippen molar-refractivity contribution >= 4 is 57.7 Å². The second-order valence-corrected chi connectivity index (χ2v) is 11.8. The fourth-order valence-electron chi connectivity index (χ4n) is 4.57. The predicted molar refractivity (Wildman–Crippen MR) is 128 cm³/mol. The Morgan fingerprint density at radius 1 is 1.26 bits per heavy atom. The minimum absolute atomic E-state index is 0.122. The van der Waals surface area contributed by atoms with Gasteiger partial charge >= 0.3 is 11.9 Å². The average Bonchev–Trinajstić information content (AvgIpc) is 3.31. The van der Waals surface area contributed by atoms with Crippen LogP contribution in [-0.4, -0.2) is 78.9 Å². The second kappa shape index (κ2) is 9.64. The molecule has 3 fully saturated rings. The number of aliphatic carboxylic acids is 1. The highest BCUT2D eigenvalue weighted by atomic mass is 32.2. The average molecular weight is 526 g/mol. The minimum atomic E-state index is -1.08. The van der Waals surface area contributed by atoms with Gasteiger partial charge in [0.05, 0.1) is 0 Å². The summed E-state index contributed by atoms with van der Waals surface area (Å²) in [6.45, 7) is 4.89. The molecule has 12 nitrogen and oxygen atoms in total. The SMILES string of the molecule is CC(=O)O[C@H]1CC[C@@H](O/N=C(\C(=O)N[C@@H]2C(=O)N3[C@@H]2SC(C)(C)[C@@H]3C(=O)O)c2csc(N)n2)CC1. The van der Waals surface area contributed by atoms with E-state index in [0.717, 1.165) is 11.3 Å². The van der Waals surface area contributed by atoms with Crippen molar-refractivity contribution in [2.24, 2.45) is 5.16 Å². The number of β-lactam (4-membered cyclic amide) rings is 1. The molecule has 0 radical (unpaired) electrons. The third-order valence-electron chi connectivity index (χ3n) is 6.19. The van der Waals surface area contributed by atoms with Crippen LogP contribution in [0.2, 0.25) is 0 Å². The van der Waals surface area contributed by atoms with E-state index in [9.17, 15) is 24.3 Å². The van der Waals surface area contributed by atoms with Crippen LogP contribution >= 0.6 is 23.1 Å². The smallest absolute Gasteiger partial charge is 0.327 e. The molecular weight excluding hydrogens is 498 g/mol. The van der Waals surface area contributed by atoms with Gasteiger partial charge in [0.1, 0.15) is 35.4 Å². The largest absolute Gasteiger partial charge is 0.480 e. The zero-order valence-electron chi connectivity index (χ0n) is 19.4. The van der Waals surface area contributed by atoms with Gasteiger partial charge in [-0.1, -0.05) is 5.16 Å². The number of anilines is 1. The van der Waals surface area contributed by atoms with Crippen LogP contribution in [0, 0.1) is 0 Å². The van der Waals surface area contributed by atoms with Gasteiger partial charge in [-0.3, -0.25) is 14.4 Å². The molecule has 2 aliphatic heterocycles. The highest BCUT2D eigenvalue weighted by Crippen LogP contribution is 2.50. The number of carbonyl (C=O) groups is 4. The van der Waals surface area contributed by atoms with Crippen LogP contribution in [0.15, 0.2) is 10.5 Å². The fourth-order valence-corrected chi connectivity index (χ4v) is 6.75. The molecule has 4 rings (SSSR count). The van der Waals surface area contributed by atoms with Crippen LogP contribution in [0.25, 0.3) is 0 Å². The van der Waals surface area contributed by atoms with Crippen LogP contribution in [0.1, 0.15) is 52.1 Å². The molecule has 1 aromatic rings. The molecule has 4 N–H and O–H groups in total. The number of aromatic nitrogens is 1. The van der Waals surface area contributed by atoms with E-state index in [1.165, 1.54) is 23.6 Å². The first-order valence-corrected chi connectivity index (χ1v) is 12.9. The minimum Gasteiger partial charge on any atom is -0.480 e. The van der Waals surface area contributed by atoms with Crippen molar-refractivity contribution in [1.29, 1.82) is 0 Å².